The molecule has 0 radical (unpaired) electrons. The van der Waals surface area contributed by atoms with Gasteiger partial charge in [0.25, 0.3) is 5.69 Å². The summed E-state index contributed by atoms with van der Waals surface area (Å²) in [6, 6.07) is 5.49. The third-order valence-corrected chi connectivity index (χ3v) is 3.54. The number of anilines is 1. The van der Waals surface area contributed by atoms with Crippen LogP contribution in [0.2, 0.25) is 0 Å². The summed E-state index contributed by atoms with van der Waals surface area (Å²) in [6.45, 7) is 2.26. The fourth-order valence-electron chi connectivity index (χ4n) is 2.39. The van der Waals surface area contributed by atoms with Crippen LogP contribution in [-0.2, 0) is 11.3 Å². The van der Waals surface area contributed by atoms with Crippen LogP contribution in [0.15, 0.2) is 18.2 Å². The summed E-state index contributed by atoms with van der Waals surface area (Å²) < 4.78 is 5.33. The first-order valence-corrected chi connectivity index (χ1v) is 6.38. The number of hydrogen-bond acceptors (Lipinski definition) is 5. The maximum Gasteiger partial charge on any atom is 0.292 e. The van der Waals surface area contributed by atoms with Crippen molar-refractivity contribution in [1.29, 1.82) is 0 Å². The Kier molecular flexibility index (Phi) is 4.34. The van der Waals surface area contributed by atoms with Crippen molar-refractivity contribution < 1.29 is 9.66 Å². The summed E-state index contributed by atoms with van der Waals surface area (Å²) in [4.78, 5) is 12.6. The van der Waals surface area contributed by atoms with Crippen LogP contribution < -0.4 is 5.73 Å². The molecule has 1 aromatic carbocycles. The van der Waals surface area contributed by atoms with Gasteiger partial charge in [0.05, 0.1) is 4.92 Å². The highest BCUT2D eigenvalue weighted by Gasteiger charge is 2.19. The minimum atomic E-state index is -0.437. The fourth-order valence-corrected chi connectivity index (χ4v) is 2.39. The van der Waals surface area contributed by atoms with Gasteiger partial charge >= 0.3 is 0 Å². The maximum absolute atomic E-state index is 10.9. The first-order chi connectivity index (χ1) is 9.08. The van der Waals surface area contributed by atoms with E-state index in [1.807, 2.05) is 13.1 Å². The fraction of sp³-hybridized carbons (Fsp3) is 0.538. The molecule has 0 amide bonds. The molecule has 19 heavy (non-hydrogen) atoms. The van der Waals surface area contributed by atoms with Crippen LogP contribution in [0.4, 0.5) is 11.4 Å². The summed E-state index contributed by atoms with van der Waals surface area (Å²) in [5.74, 6) is 0. The second kappa shape index (κ2) is 5.99. The van der Waals surface area contributed by atoms with Gasteiger partial charge in [-0.05, 0) is 31.5 Å². The standard InChI is InChI=1S/C13H19N3O3/c1-15(11-4-6-19-7-5-11)9-10-2-3-12(14)13(8-10)16(17)18/h2-3,8,11H,4-7,9,14H2,1H3. The highest BCUT2D eigenvalue weighted by molar-refractivity contribution is 5.59. The van der Waals surface area contributed by atoms with Gasteiger partial charge < -0.3 is 10.5 Å². The van der Waals surface area contributed by atoms with Gasteiger partial charge in [-0.25, -0.2) is 0 Å². The van der Waals surface area contributed by atoms with Crippen LogP contribution in [0, 0.1) is 10.1 Å². The van der Waals surface area contributed by atoms with E-state index in [0.717, 1.165) is 31.6 Å². The third kappa shape index (κ3) is 3.42. The molecule has 1 fully saturated rings. The average Bonchev–Trinajstić information content (AvgIpc) is 2.41. The SMILES string of the molecule is CN(Cc1ccc(N)c([N+](=O)[O-])c1)C1CCOCC1. The topological polar surface area (TPSA) is 81.6 Å². The van der Waals surface area contributed by atoms with Crippen LogP contribution in [0.3, 0.4) is 0 Å². The van der Waals surface area contributed by atoms with Gasteiger partial charge in [0.2, 0.25) is 0 Å². The summed E-state index contributed by atoms with van der Waals surface area (Å²) in [6.07, 6.45) is 2.02. The lowest BCUT2D eigenvalue weighted by molar-refractivity contribution is -0.384. The van der Waals surface area contributed by atoms with E-state index in [-0.39, 0.29) is 11.4 Å². The van der Waals surface area contributed by atoms with Gasteiger partial charge in [-0.2, -0.15) is 0 Å². The van der Waals surface area contributed by atoms with Crippen molar-refractivity contribution in [2.24, 2.45) is 0 Å². The van der Waals surface area contributed by atoms with Crippen LogP contribution >= 0.6 is 0 Å². The summed E-state index contributed by atoms with van der Waals surface area (Å²) in [5.41, 5.74) is 6.70. The molecule has 0 saturated carbocycles. The normalized spacial score (nSPS) is 16.7. The summed E-state index contributed by atoms with van der Waals surface area (Å²) in [7, 11) is 2.04. The highest BCUT2D eigenvalue weighted by atomic mass is 16.6. The number of ether oxygens (including phenoxy) is 1. The molecule has 0 unspecified atom stereocenters. The summed E-state index contributed by atoms with van der Waals surface area (Å²) >= 11 is 0. The summed E-state index contributed by atoms with van der Waals surface area (Å²) in [5, 5.41) is 10.9. The second-order valence-electron chi connectivity index (χ2n) is 4.91. The molecular weight excluding hydrogens is 246 g/mol. The van der Waals surface area contributed by atoms with Crippen LogP contribution in [-0.4, -0.2) is 36.1 Å². The first-order valence-electron chi connectivity index (χ1n) is 6.38. The van der Waals surface area contributed by atoms with Gasteiger partial charge in [-0.3, -0.25) is 15.0 Å². The van der Waals surface area contributed by atoms with E-state index in [0.29, 0.717) is 12.6 Å². The van der Waals surface area contributed by atoms with Crippen LogP contribution in [0.25, 0.3) is 0 Å². The molecule has 0 aliphatic carbocycles. The smallest absolute Gasteiger partial charge is 0.292 e. The van der Waals surface area contributed by atoms with E-state index >= 15 is 0 Å². The predicted octanol–water partition coefficient (Wildman–Crippen LogP) is 1.79. The molecule has 0 spiro atoms. The highest BCUT2D eigenvalue weighted by Crippen LogP contribution is 2.24. The van der Waals surface area contributed by atoms with Crippen molar-refractivity contribution in [1.82, 2.24) is 4.90 Å². The van der Waals surface area contributed by atoms with Crippen molar-refractivity contribution in [2.75, 3.05) is 26.0 Å². The Morgan fingerprint density at radius 3 is 2.79 bits per heavy atom. The second-order valence-corrected chi connectivity index (χ2v) is 4.91. The third-order valence-electron chi connectivity index (χ3n) is 3.54. The van der Waals surface area contributed by atoms with Gasteiger partial charge in [-0.15, -0.1) is 0 Å². The number of hydrogen-bond donors (Lipinski definition) is 1. The molecule has 0 atom stereocenters. The van der Waals surface area contributed by atoms with Crippen LogP contribution in [0.1, 0.15) is 18.4 Å². The molecular formula is C13H19N3O3. The van der Waals surface area contributed by atoms with E-state index in [9.17, 15) is 10.1 Å². The molecule has 1 saturated heterocycles. The molecule has 2 rings (SSSR count). The lowest BCUT2D eigenvalue weighted by Crippen LogP contribution is -2.36. The van der Waals surface area contributed by atoms with Crippen molar-refractivity contribution in [3.8, 4) is 0 Å². The Hall–Kier alpha value is -1.66. The van der Waals surface area contributed by atoms with E-state index in [2.05, 4.69) is 4.90 Å². The minimum Gasteiger partial charge on any atom is -0.393 e. The molecule has 1 aromatic rings. The Balaban J connectivity index is 2.05. The monoisotopic (exact) mass is 265 g/mol. The van der Waals surface area contributed by atoms with Gasteiger partial charge in [-0.1, -0.05) is 6.07 Å². The Morgan fingerprint density at radius 1 is 1.47 bits per heavy atom. The van der Waals surface area contributed by atoms with E-state index < -0.39 is 4.92 Å². The number of nitro groups is 1. The number of nitrogens with zero attached hydrogens (tertiary/aromatic N) is 2. The van der Waals surface area contributed by atoms with E-state index in [1.54, 1.807) is 12.1 Å². The zero-order valence-corrected chi connectivity index (χ0v) is 11.0. The van der Waals surface area contributed by atoms with Crippen molar-refractivity contribution in [3.05, 3.63) is 33.9 Å². The Bertz CT molecular complexity index is 458. The molecule has 0 aromatic heterocycles. The predicted molar refractivity (Wildman–Crippen MR) is 72.8 cm³/mol. The number of benzene rings is 1. The van der Waals surface area contributed by atoms with E-state index in [1.165, 1.54) is 0 Å². The molecule has 104 valence electrons. The zero-order valence-electron chi connectivity index (χ0n) is 11.0. The number of rotatable bonds is 4. The van der Waals surface area contributed by atoms with Crippen molar-refractivity contribution >= 4 is 11.4 Å². The molecule has 1 aliphatic rings. The largest absolute Gasteiger partial charge is 0.393 e. The Labute approximate surface area is 112 Å². The lowest BCUT2D eigenvalue weighted by atomic mass is 10.1. The van der Waals surface area contributed by atoms with Gasteiger partial charge in [0.1, 0.15) is 5.69 Å². The minimum absolute atomic E-state index is 0.0159. The van der Waals surface area contributed by atoms with Crippen LogP contribution in [0.5, 0.6) is 0 Å². The molecule has 1 heterocycles. The van der Waals surface area contributed by atoms with Crippen molar-refractivity contribution in [3.63, 3.8) is 0 Å². The van der Waals surface area contributed by atoms with Gasteiger partial charge in [0.15, 0.2) is 0 Å². The molecule has 2 N–H and O–H groups in total. The number of nitrogen functional groups attached to an aromatic ring is 1. The number of nitro benzene ring substituents is 1. The Morgan fingerprint density at radius 2 is 2.16 bits per heavy atom. The lowest BCUT2D eigenvalue weighted by Gasteiger charge is -2.31. The van der Waals surface area contributed by atoms with Gasteiger partial charge in [0, 0.05) is 31.9 Å². The first kappa shape index (κ1) is 13.8. The molecule has 6 nitrogen and oxygen atoms in total. The molecule has 0 bridgehead atoms. The van der Waals surface area contributed by atoms with Crippen molar-refractivity contribution in [2.45, 2.75) is 25.4 Å². The van der Waals surface area contributed by atoms with E-state index in [4.69, 9.17) is 10.5 Å². The maximum atomic E-state index is 10.9. The zero-order chi connectivity index (χ0) is 13.8. The molecule has 6 heteroatoms. The molecule has 1 aliphatic heterocycles. The quantitative estimate of drug-likeness (QED) is 0.510. The number of nitrogens with two attached hydrogens (primary N) is 1. The average molecular weight is 265 g/mol.